The summed E-state index contributed by atoms with van der Waals surface area (Å²) in [5.74, 6) is -0.0497. The van der Waals surface area contributed by atoms with E-state index in [0.29, 0.717) is 37.4 Å². The predicted octanol–water partition coefficient (Wildman–Crippen LogP) is -0.881. The van der Waals surface area contributed by atoms with Gasteiger partial charge in [-0.2, -0.15) is 4.31 Å². The Bertz CT molecular complexity index is 682. The second-order valence-corrected chi connectivity index (χ2v) is 8.83. The number of sulfonamides is 1. The molecule has 2 aliphatic heterocycles. The van der Waals surface area contributed by atoms with Crippen LogP contribution in [0.1, 0.15) is 12.8 Å². The molecule has 0 saturated carbocycles. The molecule has 0 spiro atoms. The molecule has 1 aromatic carbocycles. The summed E-state index contributed by atoms with van der Waals surface area (Å²) in [6, 6.07) is 8.48. The summed E-state index contributed by atoms with van der Waals surface area (Å²) in [5.41, 5.74) is 0. The smallest absolute Gasteiger partial charge is 0.243 e. The van der Waals surface area contributed by atoms with Gasteiger partial charge < -0.3 is 15.0 Å². The van der Waals surface area contributed by atoms with Gasteiger partial charge in [0.1, 0.15) is 13.1 Å². The molecule has 8 heteroatoms. The van der Waals surface area contributed by atoms with Crippen LogP contribution in [0.2, 0.25) is 0 Å². The van der Waals surface area contributed by atoms with E-state index in [1.165, 1.54) is 9.21 Å². The summed E-state index contributed by atoms with van der Waals surface area (Å²) in [5, 5.41) is 3.02. The molecule has 1 aromatic rings. The molecule has 0 radical (unpaired) electrons. The summed E-state index contributed by atoms with van der Waals surface area (Å²) in [6.45, 7) is 5.92. The van der Waals surface area contributed by atoms with E-state index in [0.717, 1.165) is 32.8 Å². The first-order valence-corrected chi connectivity index (χ1v) is 10.8. The van der Waals surface area contributed by atoms with E-state index in [2.05, 4.69) is 5.32 Å². The Labute approximate surface area is 155 Å². The maximum atomic E-state index is 12.6. The van der Waals surface area contributed by atoms with Crippen LogP contribution in [0.25, 0.3) is 0 Å². The number of hydrogen-bond donors (Lipinski definition) is 2. The number of benzene rings is 1. The van der Waals surface area contributed by atoms with E-state index in [9.17, 15) is 13.2 Å². The van der Waals surface area contributed by atoms with Gasteiger partial charge in [0.15, 0.2) is 0 Å². The van der Waals surface area contributed by atoms with Crippen LogP contribution >= 0.6 is 0 Å². The molecule has 144 valence electrons. The van der Waals surface area contributed by atoms with Crippen molar-refractivity contribution in [3.05, 3.63) is 30.3 Å². The van der Waals surface area contributed by atoms with Gasteiger partial charge in [-0.3, -0.25) is 4.79 Å². The zero-order valence-electron chi connectivity index (χ0n) is 15.0. The third-order valence-corrected chi connectivity index (χ3v) is 7.10. The minimum Gasteiger partial charge on any atom is -0.370 e. The molecule has 0 aliphatic carbocycles. The van der Waals surface area contributed by atoms with Gasteiger partial charge in [0.25, 0.3) is 0 Å². The van der Waals surface area contributed by atoms with Crippen molar-refractivity contribution >= 4 is 15.9 Å². The number of rotatable bonds is 6. The highest BCUT2D eigenvalue weighted by Crippen LogP contribution is 2.23. The Kier molecular flexibility index (Phi) is 6.63. The lowest BCUT2D eigenvalue weighted by atomic mass is 9.97. The topological polar surface area (TPSA) is 80.2 Å². The zero-order valence-corrected chi connectivity index (χ0v) is 15.8. The number of ether oxygens (including phenoxy) is 1. The number of morpholine rings is 1. The third kappa shape index (κ3) is 4.82. The van der Waals surface area contributed by atoms with E-state index in [-0.39, 0.29) is 11.8 Å². The van der Waals surface area contributed by atoms with E-state index >= 15 is 0 Å². The molecule has 7 nitrogen and oxygen atoms in total. The standard InChI is InChI=1S/C18H27N3O4S/c22-18(19-8-11-20-12-14-25-15-13-20)16-6-9-21(10-7-16)26(23,24)17-4-2-1-3-5-17/h1-5,16H,6-15H2,(H,19,22)/p+1. The number of nitrogens with one attached hydrogen (secondary N) is 2. The highest BCUT2D eigenvalue weighted by Gasteiger charge is 2.32. The molecule has 3 rings (SSSR count). The van der Waals surface area contributed by atoms with Crippen LogP contribution in [0.15, 0.2) is 35.2 Å². The first kappa shape index (κ1) is 19.3. The SMILES string of the molecule is O=C(NCC[NH+]1CCOCC1)C1CCN(S(=O)(=O)c2ccccc2)CC1. The fourth-order valence-electron chi connectivity index (χ4n) is 3.52. The number of carbonyl (C=O) groups is 1. The fraction of sp³-hybridized carbons (Fsp3) is 0.611. The summed E-state index contributed by atoms with van der Waals surface area (Å²) in [6.07, 6.45) is 1.14. The van der Waals surface area contributed by atoms with Gasteiger partial charge in [0, 0.05) is 19.0 Å². The summed E-state index contributed by atoms with van der Waals surface area (Å²) in [7, 11) is -3.46. The molecular formula is C18H28N3O4S+. The minimum atomic E-state index is -3.46. The van der Waals surface area contributed by atoms with Gasteiger partial charge in [-0.1, -0.05) is 18.2 Å². The number of hydrogen-bond acceptors (Lipinski definition) is 4. The molecule has 0 aromatic heterocycles. The highest BCUT2D eigenvalue weighted by molar-refractivity contribution is 7.89. The van der Waals surface area contributed by atoms with E-state index in [4.69, 9.17) is 4.74 Å². The second kappa shape index (κ2) is 8.94. The maximum absolute atomic E-state index is 12.6. The van der Waals surface area contributed by atoms with Crippen molar-refractivity contribution in [2.24, 2.45) is 5.92 Å². The van der Waals surface area contributed by atoms with Crippen molar-refractivity contribution in [2.45, 2.75) is 17.7 Å². The Morgan fingerprint density at radius 3 is 2.46 bits per heavy atom. The van der Waals surface area contributed by atoms with E-state index in [1.54, 1.807) is 30.3 Å². The molecule has 0 unspecified atom stereocenters. The minimum absolute atomic E-state index is 0.0504. The van der Waals surface area contributed by atoms with Crippen LogP contribution < -0.4 is 10.2 Å². The van der Waals surface area contributed by atoms with E-state index < -0.39 is 10.0 Å². The Morgan fingerprint density at radius 1 is 1.15 bits per heavy atom. The highest BCUT2D eigenvalue weighted by atomic mass is 32.2. The second-order valence-electron chi connectivity index (χ2n) is 6.89. The maximum Gasteiger partial charge on any atom is 0.243 e. The van der Waals surface area contributed by atoms with Crippen LogP contribution in [0.4, 0.5) is 0 Å². The average Bonchev–Trinajstić information content (AvgIpc) is 2.69. The molecular weight excluding hydrogens is 354 g/mol. The quantitative estimate of drug-likeness (QED) is 0.670. The van der Waals surface area contributed by atoms with Crippen molar-refractivity contribution in [3.63, 3.8) is 0 Å². The van der Waals surface area contributed by atoms with Crippen LogP contribution in [0, 0.1) is 5.92 Å². The number of piperidine rings is 1. The lowest BCUT2D eigenvalue weighted by Crippen LogP contribution is -3.14. The molecule has 0 bridgehead atoms. The first-order chi connectivity index (χ1) is 12.6. The van der Waals surface area contributed by atoms with E-state index in [1.807, 2.05) is 0 Å². The fourth-order valence-corrected chi connectivity index (χ4v) is 5.01. The molecule has 0 atom stereocenters. The first-order valence-electron chi connectivity index (χ1n) is 9.31. The van der Waals surface area contributed by atoms with Crippen LogP contribution in [-0.4, -0.2) is 71.1 Å². The predicted molar refractivity (Wildman–Crippen MR) is 97.3 cm³/mol. The molecule has 2 fully saturated rings. The van der Waals surface area contributed by atoms with Crippen molar-refractivity contribution in [3.8, 4) is 0 Å². The lowest BCUT2D eigenvalue weighted by molar-refractivity contribution is -0.906. The van der Waals surface area contributed by atoms with Crippen LogP contribution in [0.5, 0.6) is 0 Å². The number of carbonyl (C=O) groups excluding carboxylic acids is 1. The molecule has 2 aliphatic rings. The summed E-state index contributed by atoms with van der Waals surface area (Å²) < 4.78 is 32.1. The van der Waals surface area contributed by atoms with Crippen molar-refractivity contribution in [2.75, 3.05) is 52.5 Å². The normalized spacial score (nSPS) is 20.8. The van der Waals surface area contributed by atoms with Crippen LogP contribution in [0.3, 0.4) is 0 Å². The lowest BCUT2D eigenvalue weighted by Gasteiger charge is -2.30. The number of quaternary nitrogens is 1. The molecule has 2 saturated heterocycles. The summed E-state index contributed by atoms with van der Waals surface area (Å²) in [4.78, 5) is 14.1. The Hall–Kier alpha value is -1.48. The Morgan fingerprint density at radius 2 is 1.81 bits per heavy atom. The van der Waals surface area contributed by atoms with Gasteiger partial charge >= 0.3 is 0 Å². The molecule has 2 heterocycles. The number of nitrogens with zero attached hydrogens (tertiary/aromatic N) is 1. The monoisotopic (exact) mass is 382 g/mol. The summed E-state index contributed by atoms with van der Waals surface area (Å²) >= 11 is 0. The van der Waals surface area contributed by atoms with Crippen molar-refractivity contribution in [1.82, 2.24) is 9.62 Å². The van der Waals surface area contributed by atoms with Gasteiger partial charge in [0.05, 0.1) is 31.2 Å². The average molecular weight is 383 g/mol. The van der Waals surface area contributed by atoms with Gasteiger partial charge in [-0.25, -0.2) is 8.42 Å². The molecule has 26 heavy (non-hydrogen) atoms. The van der Waals surface area contributed by atoms with Gasteiger partial charge in [0.2, 0.25) is 15.9 Å². The van der Waals surface area contributed by atoms with Crippen molar-refractivity contribution < 1.29 is 22.8 Å². The zero-order chi connectivity index (χ0) is 18.4. The number of amides is 1. The van der Waals surface area contributed by atoms with Gasteiger partial charge in [-0.15, -0.1) is 0 Å². The van der Waals surface area contributed by atoms with Gasteiger partial charge in [-0.05, 0) is 25.0 Å². The third-order valence-electron chi connectivity index (χ3n) is 5.18. The molecule has 1 amide bonds. The Balaban J connectivity index is 1.43. The molecule has 2 N–H and O–H groups in total. The van der Waals surface area contributed by atoms with Crippen molar-refractivity contribution in [1.29, 1.82) is 0 Å². The van der Waals surface area contributed by atoms with Crippen LogP contribution in [-0.2, 0) is 19.6 Å². The largest absolute Gasteiger partial charge is 0.370 e.